The van der Waals surface area contributed by atoms with Crippen molar-refractivity contribution >= 4 is 5.97 Å². The molecule has 5 heteroatoms. The summed E-state index contributed by atoms with van der Waals surface area (Å²) in [5.41, 5.74) is 0.160. The van der Waals surface area contributed by atoms with Crippen LogP contribution in [0.2, 0.25) is 0 Å². The normalized spacial score (nSPS) is 16.7. The third kappa shape index (κ3) is 4.11. The Balaban J connectivity index is 1.95. The fourth-order valence-electron chi connectivity index (χ4n) is 2.88. The fourth-order valence-corrected chi connectivity index (χ4v) is 2.88. The molecule has 0 radical (unpaired) electrons. The van der Waals surface area contributed by atoms with Gasteiger partial charge >= 0.3 is 5.97 Å². The molecule has 1 aromatic rings. The van der Waals surface area contributed by atoms with Gasteiger partial charge in [-0.1, -0.05) is 6.07 Å². The van der Waals surface area contributed by atoms with Crippen LogP contribution in [0.25, 0.3) is 0 Å². The third-order valence-electron chi connectivity index (χ3n) is 4.19. The van der Waals surface area contributed by atoms with E-state index in [1.807, 2.05) is 13.8 Å². The minimum absolute atomic E-state index is 0.0934. The molecule has 0 aliphatic carbocycles. The van der Waals surface area contributed by atoms with Crippen molar-refractivity contribution in [1.82, 2.24) is 0 Å². The largest absolute Gasteiger partial charge is 0.504 e. The van der Waals surface area contributed by atoms with Crippen molar-refractivity contribution in [2.24, 2.45) is 5.92 Å². The Bertz CT molecular complexity index is 507. The minimum Gasteiger partial charge on any atom is -0.504 e. The summed E-state index contributed by atoms with van der Waals surface area (Å²) in [4.78, 5) is 12.1. The molecule has 116 valence electrons. The van der Waals surface area contributed by atoms with Gasteiger partial charge < -0.3 is 20.3 Å². The molecule has 0 bridgehead atoms. The Morgan fingerprint density at radius 1 is 1.29 bits per heavy atom. The number of phenols is 2. The molecule has 1 heterocycles. The first kappa shape index (κ1) is 15.6. The van der Waals surface area contributed by atoms with E-state index in [1.165, 1.54) is 12.1 Å². The van der Waals surface area contributed by atoms with Crippen LogP contribution in [0.1, 0.15) is 32.3 Å². The number of phenolic OH excluding ortho intramolecular Hbond substituents is 2. The van der Waals surface area contributed by atoms with Crippen LogP contribution in [-0.4, -0.2) is 34.9 Å². The Morgan fingerprint density at radius 3 is 2.57 bits per heavy atom. The molecule has 0 saturated carbocycles. The third-order valence-corrected chi connectivity index (χ3v) is 4.19. The van der Waals surface area contributed by atoms with Crippen LogP contribution in [0.3, 0.4) is 0 Å². The highest BCUT2D eigenvalue weighted by Crippen LogP contribution is 2.29. The van der Waals surface area contributed by atoms with E-state index in [0.29, 0.717) is 11.5 Å². The molecular formula is C16H24NO4+. The second-order valence-electron chi connectivity index (χ2n) is 6.22. The van der Waals surface area contributed by atoms with Gasteiger partial charge in [0.15, 0.2) is 11.5 Å². The number of hydrogen-bond donors (Lipinski definition) is 3. The maximum Gasteiger partial charge on any atom is 0.310 e. The van der Waals surface area contributed by atoms with Crippen molar-refractivity contribution in [3.8, 4) is 11.5 Å². The Labute approximate surface area is 124 Å². The smallest absolute Gasteiger partial charge is 0.310 e. The molecule has 0 atom stereocenters. The monoisotopic (exact) mass is 294 g/mol. The summed E-state index contributed by atoms with van der Waals surface area (Å²) in [6, 6.07) is 4.37. The van der Waals surface area contributed by atoms with Crippen molar-refractivity contribution in [2.45, 2.75) is 38.7 Å². The summed E-state index contributed by atoms with van der Waals surface area (Å²) < 4.78 is 5.65. The topological polar surface area (TPSA) is 83.4 Å². The minimum atomic E-state index is -0.468. The molecule has 0 spiro atoms. The van der Waals surface area contributed by atoms with E-state index < -0.39 is 5.60 Å². The van der Waals surface area contributed by atoms with E-state index in [-0.39, 0.29) is 23.9 Å². The number of aromatic hydroxyl groups is 2. The number of esters is 1. The number of carbonyl (C=O) groups is 1. The lowest BCUT2D eigenvalue weighted by atomic mass is 9.83. The average Bonchev–Trinajstić information content (AvgIpc) is 2.43. The first-order valence-electron chi connectivity index (χ1n) is 7.43. The van der Waals surface area contributed by atoms with Gasteiger partial charge in [0.1, 0.15) is 5.60 Å². The first-order valence-corrected chi connectivity index (χ1v) is 7.43. The van der Waals surface area contributed by atoms with E-state index in [0.717, 1.165) is 25.9 Å². The molecule has 0 aromatic heterocycles. The molecule has 1 aliphatic heterocycles. The Hall–Kier alpha value is -1.75. The predicted molar refractivity (Wildman–Crippen MR) is 78.0 cm³/mol. The number of piperidine rings is 1. The number of rotatable bonds is 4. The molecule has 21 heavy (non-hydrogen) atoms. The summed E-state index contributed by atoms with van der Waals surface area (Å²) in [7, 11) is 0. The second-order valence-corrected chi connectivity index (χ2v) is 6.22. The molecule has 0 amide bonds. The van der Waals surface area contributed by atoms with Crippen LogP contribution in [0.15, 0.2) is 18.2 Å². The average molecular weight is 294 g/mol. The van der Waals surface area contributed by atoms with Crippen molar-refractivity contribution in [2.75, 3.05) is 13.1 Å². The highest BCUT2D eigenvalue weighted by molar-refractivity contribution is 5.73. The van der Waals surface area contributed by atoms with Crippen LogP contribution in [0.5, 0.6) is 11.5 Å². The van der Waals surface area contributed by atoms with Gasteiger partial charge in [-0.2, -0.15) is 0 Å². The summed E-state index contributed by atoms with van der Waals surface area (Å²) in [5, 5.41) is 21.0. The maximum absolute atomic E-state index is 12.1. The van der Waals surface area contributed by atoms with Gasteiger partial charge in [0.2, 0.25) is 0 Å². The maximum atomic E-state index is 12.1. The molecule has 5 nitrogen and oxygen atoms in total. The zero-order chi connectivity index (χ0) is 15.5. The van der Waals surface area contributed by atoms with Crippen molar-refractivity contribution in [3.05, 3.63) is 23.8 Å². The van der Waals surface area contributed by atoms with Gasteiger partial charge in [-0.15, -0.1) is 0 Å². The van der Waals surface area contributed by atoms with Crippen LogP contribution in [0, 0.1) is 5.92 Å². The lowest BCUT2D eigenvalue weighted by Crippen LogP contribution is -2.86. The molecule has 0 unspecified atom stereocenters. The Kier molecular flexibility index (Phi) is 4.73. The van der Waals surface area contributed by atoms with E-state index in [9.17, 15) is 15.0 Å². The van der Waals surface area contributed by atoms with Crippen LogP contribution >= 0.6 is 0 Å². The lowest BCUT2D eigenvalue weighted by Gasteiger charge is -2.35. The SMILES string of the molecule is CC(C)(OC(=O)Cc1ccc(O)c(O)c1)C1CC[NH2+]CC1. The predicted octanol–water partition coefficient (Wildman–Crippen LogP) is 0.935. The summed E-state index contributed by atoms with van der Waals surface area (Å²) >= 11 is 0. The summed E-state index contributed by atoms with van der Waals surface area (Å²) in [6.45, 7) is 6.10. The second kappa shape index (κ2) is 6.35. The van der Waals surface area contributed by atoms with Gasteiger partial charge in [0, 0.05) is 18.8 Å². The van der Waals surface area contributed by atoms with Gasteiger partial charge in [0.25, 0.3) is 0 Å². The van der Waals surface area contributed by atoms with Crippen molar-refractivity contribution in [3.63, 3.8) is 0 Å². The molecule has 1 saturated heterocycles. The lowest BCUT2D eigenvalue weighted by molar-refractivity contribution is -0.665. The number of hydrogen-bond acceptors (Lipinski definition) is 4. The van der Waals surface area contributed by atoms with E-state index in [2.05, 4.69) is 5.32 Å². The summed E-state index contributed by atoms with van der Waals surface area (Å²) in [6.07, 6.45) is 2.21. The van der Waals surface area contributed by atoms with E-state index >= 15 is 0 Å². The number of quaternary nitrogens is 1. The van der Waals surface area contributed by atoms with Crippen LogP contribution < -0.4 is 5.32 Å². The van der Waals surface area contributed by atoms with Gasteiger partial charge in [-0.3, -0.25) is 4.79 Å². The molecule has 2 rings (SSSR count). The summed E-state index contributed by atoms with van der Waals surface area (Å²) in [5.74, 6) is -0.326. The number of ether oxygens (including phenoxy) is 1. The molecular weight excluding hydrogens is 270 g/mol. The number of nitrogens with two attached hydrogens (primary N) is 1. The van der Waals surface area contributed by atoms with E-state index in [4.69, 9.17) is 4.74 Å². The highest BCUT2D eigenvalue weighted by atomic mass is 16.6. The van der Waals surface area contributed by atoms with Crippen LogP contribution in [-0.2, 0) is 16.0 Å². The number of benzene rings is 1. The van der Waals surface area contributed by atoms with E-state index in [1.54, 1.807) is 6.07 Å². The van der Waals surface area contributed by atoms with Crippen molar-refractivity contribution in [1.29, 1.82) is 0 Å². The Morgan fingerprint density at radius 2 is 1.95 bits per heavy atom. The van der Waals surface area contributed by atoms with Crippen molar-refractivity contribution < 1.29 is 25.1 Å². The molecule has 1 aromatic carbocycles. The van der Waals surface area contributed by atoms with Crippen LogP contribution in [0.4, 0.5) is 0 Å². The quantitative estimate of drug-likeness (QED) is 0.570. The molecule has 4 N–H and O–H groups in total. The van der Waals surface area contributed by atoms with Gasteiger partial charge in [0.05, 0.1) is 19.5 Å². The zero-order valence-corrected chi connectivity index (χ0v) is 12.6. The standard InChI is InChI=1S/C16H23NO4/c1-16(2,12-5-7-17-8-6-12)21-15(20)10-11-3-4-13(18)14(19)9-11/h3-4,9,12,17-19H,5-8,10H2,1-2H3/p+1. The molecule has 1 aliphatic rings. The zero-order valence-electron chi connectivity index (χ0n) is 12.6. The first-order chi connectivity index (χ1) is 9.88. The fraction of sp³-hybridized carbons (Fsp3) is 0.562. The van der Waals surface area contributed by atoms with Gasteiger partial charge in [-0.25, -0.2) is 0 Å². The number of carbonyl (C=O) groups excluding carboxylic acids is 1. The van der Waals surface area contributed by atoms with Gasteiger partial charge in [-0.05, 0) is 31.5 Å². The highest BCUT2D eigenvalue weighted by Gasteiger charge is 2.35. The molecule has 1 fully saturated rings.